The maximum atomic E-state index is 12.5. The van der Waals surface area contributed by atoms with Gasteiger partial charge in [-0.3, -0.25) is 4.79 Å². The molecule has 0 unspecified atom stereocenters. The second-order valence-electron chi connectivity index (χ2n) is 9.23. The van der Waals surface area contributed by atoms with E-state index in [-0.39, 0.29) is 36.9 Å². The van der Waals surface area contributed by atoms with Gasteiger partial charge in [0, 0.05) is 12.0 Å². The quantitative estimate of drug-likeness (QED) is 0.513. The van der Waals surface area contributed by atoms with Gasteiger partial charge in [-0.2, -0.15) is 0 Å². The van der Waals surface area contributed by atoms with Gasteiger partial charge in [0.1, 0.15) is 6.61 Å². The summed E-state index contributed by atoms with van der Waals surface area (Å²) in [4.78, 5) is 35.8. The van der Waals surface area contributed by atoms with E-state index in [1.807, 2.05) is 24.3 Å². The number of carbonyl (C=O) groups is 3. The zero-order valence-electron chi connectivity index (χ0n) is 18.0. The van der Waals surface area contributed by atoms with E-state index >= 15 is 0 Å². The number of carboxylic acid groups (broad SMARTS) is 1. The van der Waals surface area contributed by atoms with Crippen LogP contribution in [-0.4, -0.2) is 53.5 Å². The number of aliphatic hydroxyl groups is 1. The normalized spacial score (nSPS) is 25.4. The van der Waals surface area contributed by atoms with Crippen LogP contribution >= 0.6 is 0 Å². The van der Waals surface area contributed by atoms with Crippen molar-refractivity contribution in [1.29, 1.82) is 0 Å². The third kappa shape index (κ3) is 3.84. The van der Waals surface area contributed by atoms with Crippen LogP contribution in [0.25, 0.3) is 11.1 Å². The molecule has 2 aromatic carbocycles. The van der Waals surface area contributed by atoms with Crippen molar-refractivity contribution in [1.82, 2.24) is 10.6 Å². The number of amides is 2. The lowest BCUT2D eigenvalue weighted by molar-refractivity contribution is -0.146. The molecule has 0 radical (unpaired) electrons. The molecule has 0 heterocycles. The SMILES string of the molecule is O=C(N[C@H]1C[C@@H]2C[C@]2(C(=O)NC[C@H](O)C(=O)O)C1)OCC1c2ccccc2-c2ccccc21. The van der Waals surface area contributed by atoms with Crippen molar-refractivity contribution in [2.24, 2.45) is 11.3 Å². The Labute approximate surface area is 191 Å². The van der Waals surface area contributed by atoms with Crippen molar-refractivity contribution in [3.63, 3.8) is 0 Å². The second kappa shape index (κ2) is 8.19. The number of ether oxygens (including phenoxy) is 1. The van der Waals surface area contributed by atoms with Crippen LogP contribution in [-0.2, 0) is 14.3 Å². The predicted molar refractivity (Wildman–Crippen MR) is 118 cm³/mol. The number of nitrogens with one attached hydrogen (secondary N) is 2. The van der Waals surface area contributed by atoms with Gasteiger partial charge in [0.05, 0.1) is 12.0 Å². The van der Waals surface area contributed by atoms with Crippen molar-refractivity contribution in [3.8, 4) is 11.1 Å². The van der Waals surface area contributed by atoms with Crippen LogP contribution in [0.3, 0.4) is 0 Å². The standard InChI is InChI=1S/C25H26N2O6/c28-21(22(29)30)12-26-23(31)25-10-14(25)9-15(11-25)27-24(32)33-13-20-18-7-3-1-5-16(18)17-6-2-4-8-19(17)20/h1-8,14-15,20-21,28H,9-13H2,(H,26,31)(H,27,32)(H,29,30)/t14-,15+,21+,25+/m1/s1. The van der Waals surface area contributed by atoms with E-state index in [0.29, 0.717) is 19.3 Å². The van der Waals surface area contributed by atoms with Crippen LogP contribution in [0.4, 0.5) is 4.79 Å². The lowest BCUT2D eigenvalue weighted by atomic mass is 9.98. The molecule has 8 heteroatoms. The number of carbonyl (C=O) groups excluding carboxylic acids is 2. The molecule has 172 valence electrons. The Morgan fingerprint density at radius 1 is 1.03 bits per heavy atom. The molecule has 0 aromatic heterocycles. The zero-order chi connectivity index (χ0) is 23.2. The number of carboxylic acids is 1. The average Bonchev–Trinajstić information content (AvgIpc) is 3.24. The summed E-state index contributed by atoms with van der Waals surface area (Å²) in [6, 6.07) is 16.1. The molecule has 33 heavy (non-hydrogen) atoms. The minimum Gasteiger partial charge on any atom is -0.479 e. The molecule has 0 spiro atoms. The number of benzene rings is 2. The van der Waals surface area contributed by atoms with E-state index in [1.165, 1.54) is 11.1 Å². The molecular formula is C25H26N2O6. The van der Waals surface area contributed by atoms with Crippen LogP contribution in [0.1, 0.15) is 36.3 Å². The maximum Gasteiger partial charge on any atom is 0.407 e. The Balaban J connectivity index is 1.15. The summed E-state index contributed by atoms with van der Waals surface area (Å²) >= 11 is 0. The number of hydrogen-bond acceptors (Lipinski definition) is 5. The number of hydrogen-bond donors (Lipinski definition) is 4. The summed E-state index contributed by atoms with van der Waals surface area (Å²) in [5.74, 6) is -1.50. The van der Waals surface area contributed by atoms with E-state index in [4.69, 9.17) is 9.84 Å². The Morgan fingerprint density at radius 2 is 1.67 bits per heavy atom. The van der Waals surface area contributed by atoms with E-state index in [0.717, 1.165) is 11.1 Å². The van der Waals surface area contributed by atoms with Gasteiger partial charge in [0.2, 0.25) is 5.91 Å². The highest BCUT2D eigenvalue weighted by Gasteiger charge is 2.65. The molecule has 2 fully saturated rings. The van der Waals surface area contributed by atoms with Gasteiger partial charge in [-0.05, 0) is 47.4 Å². The fraction of sp³-hybridized carbons (Fsp3) is 0.400. The Morgan fingerprint density at radius 3 is 2.30 bits per heavy atom. The van der Waals surface area contributed by atoms with Gasteiger partial charge in [-0.15, -0.1) is 0 Å². The van der Waals surface area contributed by atoms with Gasteiger partial charge in [-0.25, -0.2) is 9.59 Å². The second-order valence-corrected chi connectivity index (χ2v) is 9.23. The van der Waals surface area contributed by atoms with Crippen molar-refractivity contribution in [2.75, 3.05) is 13.2 Å². The van der Waals surface area contributed by atoms with Crippen molar-refractivity contribution >= 4 is 18.0 Å². The van der Waals surface area contributed by atoms with Crippen LogP contribution in [0.5, 0.6) is 0 Å². The number of aliphatic hydroxyl groups excluding tert-OH is 1. The van der Waals surface area contributed by atoms with Gasteiger partial charge in [-0.1, -0.05) is 48.5 Å². The number of rotatable bonds is 7. The number of aliphatic carboxylic acids is 1. The van der Waals surface area contributed by atoms with E-state index in [9.17, 15) is 19.5 Å². The van der Waals surface area contributed by atoms with Crippen LogP contribution < -0.4 is 10.6 Å². The third-order valence-corrected chi connectivity index (χ3v) is 7.27. The average molecular weight is 450 g/mol. The summed E-state index contributed by atoms with van der Waals surface area (Å²) in [6.45, 7) is -0.0954. The van der Waals surface area contributed by atoms with Gasteiger partial charge in [0.15, 0.2) is 6.10 Å². The molecular weight excluding hydrogens is 424 g/mol. The first-order valence-corrected chi connectivity index (χ1v) is 11.2. The first-order valence-electron chi connectivity index (χ1n) is 11.2. The first kappa shape index (κ1) is 21.5. The van der Waals surface area contributed by atoms with Gasteiger partial charge < -0.3 is 25.6 Å². The highest BCUT2D eigenvalue weighted by atomic mass is 16.5. The zero-order valence-corrected chi connectivity index (χ0v) is 18.0. The fourth-order valence-electron chi connectivity index (χ4n) is 5.55. The molecule has 8 nitrogen and oxygen atoms in total. The Kier molecular flexibility index (Phi) is 5.32. The molecule has 3 aliphatic carbocycles. The molecule has 2 amide bonds. The molecule has 3 aliphatic rings. The van der Waals surface area contributed by atoms with E-state index < -0.39 is 23.6 Å². The third-order valence-electron chi connectivity index (χ3n) is 7.27. The highest BCUT2D eigenvalue weighted by Crippen LogP contribution is 2.63. The number of fused-ring (bicyclic) bond motifs is 4. The minimum atomic E-state index is -1.63. The number of alkyl carbamates (subject to hydrolysis) is 1. The molecule has 4 N–H and O–H groups in total. The molecule has 4 atom stereocenters. The molecule has 5 rings (SSSR count). The molecule has 2 saturated carbocycles. The summed E-state index contributed by atoms with van der Waals surface area (Å²) in [5.41, 5.74) is 4.04. The molecule has 0 bridgehead atoms. The van der Waals surface area contributed by atoms with Crippen molar-refractivity contribution in [3.05, 3.63) is 59.7 Å². The van der Waals surface area contributed by atoms with Crippen LogP contribution in [0.2, 0.25) is 0 Å². The lowest BCUT2D eigenvalue weighted by Crippen LogP contribution is -2.41. The first-order chi connectivity index (χ1) is 15.9. The fourth-order valence-corrected chi connectivity index (χ4v) is 5.55. The summed E-state index contributed by atoms with van der Waals surface area (Å²) in [5, 5.41) is 23.5. The highest BCUT2D eigenvalue weighted by molar-refractivity contribution is 5.87. The predicted octanol–water partition coefficient (Wildman–Crippen LogP) is 2.26. The Bertz CT molecular complexity index is 1070. The van der Waals surface area contributed by atoms with Crippen molar-refractivity contribution in [2.45, 2.75) is 37.3 Å². The lowest BCUT2D eigenvalue weighted by Gasteiger charge is -2.19. The van der Waals surface area contributed by atoms with Gasteiger partial charge in [0.25, 0.3) is 0 Å². The van der Waals surface area contributed by atoms with Crippen LogP contribution in [0, 0.1) is 11.3 Å². The summed E-state index contributed by atoms with van der Waals surface area (Å²) < 4.78 is 5.60. The van der Waals surface area contributed by atoms with E-state index in [1.54, 1.807) is 0 Å². The smallest absolute Gasteiger partial charge is 0.407 e. The monoisotopic (exact) mass is 450 g/mol. The summed E-state index contributed by atoms with van der Waals surface area (Å²) in [6.07, 6.45) is -0.250. The minimum absolute atomic E-state index is 0.0158. The van der Waals surface area contributed by atoms with Crippen LogP contribution in [0.15, 0.2) is 48.5 Å². The van der Waals surface area contributed by atoms with Gasteiger partial charge >= 0.3 is 12.1 Å². The topological polar surface area (TPSA) is 125 Å². The van der Waals surface area contributed by atoms with Crippen molar-refractivity contribution < 1.29 is 29.3 Å². The summed E-state index contributed by atoms with van der Waals surface area (Å²) in [7, 11) is 0. The largest absolute Gasteiger partial charge is 0.479 e. The Hall–Kier alpha value is -3.39. The van der Waals surface area contributed by atoms with E-state index in [2.05, 4.69) is 34.9 Å². The molecule has 0 saturated heterocycles. The molecule has 2 aromatic rings. The maximum absolute atomic E-state index is 12.5. The molecule has 0 aliphatic heterocycles.